The number of phenols is 1. The highest BCUT2D eigenvalue weighted by molar-refractivity contribution is 5.69. The monoisotopic (exact) mass is 376 g/mol. The van der Waals surface area contributed by atoms with E-state index in [4.69, 9.17) is 4.74 Å². The van der Waals surface area contributed by atoms with Gasteiger partial charge in [0.05, 0.1) is 6.61 Å². The van der Waals surface area contributed by atoms with Gasteiger partial charge in [-0.1, -0.05) is 83.3 Å². The van der Waals surface area contributed by atoms with E-state index in [-0.39, 0.29) is 5.97 Å². The molecule has 1 rings (SSSR count). The standard InChI is InChI=1S/C24H40O3/c1-4-5-6-7-8-9-10-11-12-13-14-17-27-23(25)16-15-22-18-20(2)24(26)21(3)19-22/h18-19,26H,4-17H2,1-3H3. The van der Waals surface area contributed by atoms with Crippen LogP contribution in [-0.4, -0.2) is 17.7 Å². The maximum atomic E-state index is 11.9. The predicted octanol–water partition coefficient (Wildman–Crippen LogP) is 6.80. The van der Waals surface area contributed by atoms with Crippen LogP contribution in [0.3, 0.4) is 0 Å². The average molecular weight is 377 g/mol. The second-order valence-electron chi connectivity index (χ2n) is 7.83. The summed E-state index contributed by atoms with van der Waals surface area (Å²) in [6.45, 7) is 6.57. The van der Waals surface area contributed by atoms with Crippen LogP contribution in [-0.2, 0) is 16.0 Å². The van der Waals surface area contributed by atoms with Gasteiger partial charge in [0.25, 0.3) is 0 Å². The number of esters is 1. The van der Waals surface area contributed by atoms with Gasteiger partial charge in [0.15, 0.2) is 0 Å². The molecule has 0 bridgehead atoms. The molecule has 0 fully saturated rings. The molecule has 0 unspecified atom stereocenters. The van der Waals surface area contributed by atoms with Gasteiger partial charge in [-0.05, 0) is 43.4 Å². The molecule has 3 nitrogen and oxygen atoms in total. The van der Waals surface area contributed by atoms with Crippen LogP contribution in [0.2, 0.25) is 0 Å². The highest BCUT2D eigenvalue weighted by atomic mass is 16.5. The number of aryl methyl sites for hydroxylation is 3. The van der Waals surface area contributed by atoms with Crippen LogP contribution in [0, 0.1) is 13.8 Å². The number of benzene rings is 1. The van der Waals surface area contributed by atoms with Crippen molar-refractivity contribution in [1.29, 1.82) is 0 Å². The fourth-order valence-corrected chi connectivity index (χ4v) is 3.46. The van der Waals surface area contributed by atoms with E-state index < -0.39 is 0 Å². The van der Waals surface area contributed by atoms with Crippen molar-refractivity contribution in [2.75, 3.05) is 6.61 Å². The fourth-order valence-electron chi connectivity index (χ4n) is 3.46. The number of phenolic OH excluding ortho intramolecular Hbond substituents is 1. The van der Waals surface area contributed by atoms with E-state index in [1.165, 1.54) is 57.8 Å². The van der Waals surface area contributed by atoms with Gasteiger partial charge in [0.2, 0.25) is 0 Å². The van der Waals surface area contributed by atoms with E-state index in [1.807, 2.05) is 26.0 Å². The molecule has 0 saturated carbocycles. The molecule has 0 spiro atoms. The Hall–Kier alpha value is -1.51. The molecule has 1 N–H and O–H groups in total. The first-order valence-electron chi connectivity index (χ1n) is 11.0. The molecule has 0 aliphatic heterocycles. The first-order valence-corrected chi connectivity index (χ1v) is 11.0. The summed E-state index contributed by atoms with van der Waals surface area (Å²) in [5.74, 6) is 0.225. The minimum absolute atomic E-state index is 0.120. The van der Waals surface area contributed by atoms with Gasteiger partial charge in [0, 0.05) is 6.42 Å². The second-order valence-corrected chi connectivity index (χ2v) is 7.83. The molecule has 0 aliphatic carbocycles. The van der Waals surface area contributed by atoms with Crippen molar-refractivity contribution in [1.82, 2.24) is 0 Å². The first kappa shape index (κ1) is 23.5. The van der Waals surface area contributed by atoms with Crippen molar-refractivity contribution < 1.29 is 14.6 Å². The normalized spacial score (nSPS) is 10.9. The van der Waals surface area contributed by atoms with Crippen molar-refractivity contribution in [2.24, 2.45) is 0 Å². The van der Waals surface area contributed by atoms with Crippen molar-refractivity contribution in [2.45, 2.75) is 104 Å². The molecule has 0 atom stereocenters. The third-order valence-corrected chi connectivity index (χ3v) is 5.18. The molecule has 0 radical (unpaired) electrons. The summed E-state index contributed by atoms with van der Waals surface area (Å²) in [6.07, 6.45) is 15.3. The van der Waals surface area contributed by atoms with Crippen LogP contribution in [0.4, 0.5) is 0 Å². The minimum atomic E-state index is -0.120. The smallest absolute Gasteiger partial charge is 0.306 e. The molecule has 0 saturated heterocycles. The van der Waals surface area contributed by atoms with Crippen LogP contribution < -0.4 is 0 Å². The molecule has 1 aromatic carbocycles. The number of hydrogen-bond acceptors (Lipinski definition) is 3. The summed E-state index contributed by atoms with van der Waals surface area (Å²) < 4.78 is 5.34. The molecule has 0 aromatic heterocycles. The van der Waals surface area contributed by atoms with E-state index in [1.54, 1.807) is 0 Å². The molecule has 1 aromatic rings. The Bertz CT molecular complexity index is 513. The molecule has 27 heavy (non-hydrogen) atoms. The number of ether oxygens (including phenoxy) is 1. The summed E-state index contributed by atoms with van der Waals surface area (Å²) in [5, 5.41) is 9.79. The quantitative estimate of drug-likeness (QED) is 0.270. The van der Waals surface area contributed by atoms with Crippen molar-refractivity contribution in [3.63, 3.8) is 0 Å². The number of rotatable bonds is 15. The molecule has 0 aliphatic rings. The van der Waals surface area contributed by atoms with Crippen LogP contribution in [0.1, 0.15) is 101 Å². The van der Waals surface area contributed by atoms with Crippen molar-refractivity contribution in [3.8, 4) is 5.75 Å². The lowest BCUT2D eigenvalue weighted by Gasteiger charge is -2.08. The molecular formula is C24H40O3. The van der Waals surface area contributed by atoms with Gasteiger partial charge < -0.3 is 9.84 Å². The molecular weight excluding hydrogens is 336 g/mol. The summed E-state index contributed by atoms with van der Waals surface area (Å²) in [4.78, 5) is 11.9. The van der Waals surface area contributed by atoms with E-state index in [2.05, 4.69) is 6.92 Å². The third-order valence-electron chi connectivity index (χ3n) is 5.18. The number of hydrogen-bond donors (Lipinski definition) is 1. The zero-order valence-corrected chi connectivity index (χ0v) is 17.8. The van der Waals surface area contributed by atoms with Gasteiger partial charge in [-0.15, -0.1) is 0 Å². The van der Waals surface area contributed by atoms with E-state index in [0.29, 0.717) is 25.2 Å². The maximum Gasteiger partial charge on any atom is 0.306 e. The summed E-state index contributed by atoms with van der Waals surface area (Å²) >= 11 is 0. The van der Waals surface area contributed by atoms with Gasteiger partial charge in [-0.25, -0.2) is 0 Å². The Morgan fingerprint density at radius 2 is 1.33 bits per heavy atom. The largest absolute Gasteiger partial charge is 0.507 e. The Balaban J connectivity index is 1.97. The van der Waals surface area contributed by atoms with Gasteiger partial charge >= 0.3 is 5.97 Å². The number of unbranched alkanes of at least 4 members (excludes halogenated alkanes) is 10. The van der Waals surface area contributed by atoms with E-state index >= 15 is 0 Å². The Morgan fingerprint density at radius 3 is 1.85 bits per heavy atom. The average Bonchev–Trinajstić information content (AvgIpc) is 2.65. The van der Waals surface area contributed by atoms with Gasteiger partial charge in [0.1, 0.15) is 5.75 Å². The van der Waals surface area contributed by atoms with Crippen LogP contribution in [0.25, 0.3) is 0 Å². The van der Waals surface area contributed by atoms with Gasteiger partial charge in [-0.3, -0.25) is 4.79 Å². The molecule has 3 heteroatoms. The molecule has 154 valence electrons. The highest BCUT2D eigenvalue weighted by Gasteiger charge is 2.07. The van der Waals surface area contributed by atoms with Gasteiger partial charge in [-0.2, -0.15) is 0 Å². The zero-order valence-electron chi connectivity index (χ0n) is 17.8. The lowest BCUT2D eigenvalue weighted by molar-refractivity contribution is -0.143. The van der Waals surface area contributed by atoms with Crippen LogP contribution in [0.5, 0.6) is 5.75 Å². The number of carbonyl (C=O) groups excluding carboxylic acids is 1. The van der Waals surface area contributed by atoms with Crippen LogP contribution in [0.15, 0.2) is 12.1 Å². The minimum Gasteiger partial charge on any atom is -0.507 e. The zero-order chi connectivity index (χ0) is 19.9. The second kappa shape index (κ2) is 14.5. The topological polar surface area (TPSA) is 46.5 Å². The SMILES string of the molecule is CCCCCCCCCCCCCOC(=O)CCc1cc(C)c(O)c(C)c1. The summed E-state index contributed by atoms with van der Waals surface area (Å²) in [6, 6.07) is 3.89. The Morgan fingerprint density at radius 1 is 0.852 bits per heavy atom. The number of carbonyl (C=O) groups is 1. The van der Waals surface area contributed by atoms with E-state index in [0.717, 1.165) is 29.5 Å². The molecule has 0 heterocycles. The molecule has 0 amide bonds. The lowest BCUT2D eigenvalue weighted by Crippen LogP contribution is -2.07. The fraction of sp³-hybridized carbons (Fsp3) is 0.708. The van der Waals surface area contributed by atoms with Crippen molar-refractivity contribution >= 4 is 5.97 Å². The first-order chi connectivity index (χ1) is 13.0. The van der Waals surface area contributed by atoms with E-state index in [9.17, 15) is 9.90 Å². The van der Waals surface area contributed by atoms with Crippen molar-refractivity contribution in [3.05, 3.63) is 28.8 Å². The summed E-state index contributed by atoms with van der Waals surface area (Å²) in [7, 11) is 0. The highest BCUT2D eigenvalue weighted by Crippen LogP contribution is 2.23. The summed E-state index contributed by atoms with van der Waals surface area (Å²) in [5.41, 5.74) is 2.80. The lowest BCUT2D eigenvalue weighted by atomic mass is 10.0. The predicted molar refractivity (Wildman–Crippen MR) is 113 cm³/mol. The maximum absolute atomic E-state index is 11.9. The van der Waals surface area contributed by atoms with Crippen LogP contribution >= 0.6 is 0 Å². The number of aromatic hydroxyl groups is 1. The third kappa shape index (κ3) is 11.0. The Labute approximate surface area is 166 Å². The Kier molecular flexibility index (Phi) is 12.7.